The number of aryl methyl sites for hydroxylation is 1. The molecule has 5 nitrogen and oxygen atoms in total. The molecule has 1 atom stereocenters. The fourth-order valence-electron chi connectivity index (χ4n) is 2.59. The van der Waals surface area contributed by atoms with Crippen LogP contribution in [0.4, 0.5) is 0 Å². The van der Waals surface area contributed by atoms with Crippen LogP contribution in [0.3, 0.4) is 0 Å². The molecule has 1 unspecified atom stereocenters. The molecular weight excluding hydrogens is 244 g/mol. The Balaban J connectivity index is 2.01. The van der Waals surface area contributed by atoms with Crippen molar-refractivity contribution >= 4 is 5.97 Å². The van der Waals surface area contributed by atoms with Gasteiger partial charge in [-0.1, -0.05) is 0 Å². The molecule has 0 saturated carbocycles. The van der Waals surface area contributed by atoms with Crippen molar-refractivity contribution < 1.29 is 13.9 Å². The van der Waals surface area contributed by atoms with Crippen LogP contribution >= 0.6 is 0 Å². The summed E-state index contributed by atoms with van der Waals surface area (Å²) in [4.78, 5) is 13.9. The quantitative estimate of drug-likeness (QED) is 0.838. The molecule has 0 aromatic carbocycles. The van der Waals surface area contributed by atoms with E-state index in [4.69, 9.17) is 9.15 Å². The number of ether oxygens (including phenoxy) is 1. The summed E-state index contributed by atoms with van der Waals surface area (Å²) in [5, 5.41) is 3.32. The van der Waals surface area contributed by atoms with E-state index in [2.05, 4.69) is 10.2 Å². The van der Waals surface area contributed by atoms with E-state index in [0.717, 1.165) is 25.4 Å². The Hall–Kier alpha value is -1.33. The first-order valence-electron chi connectivity index (χ1n) is 6.71. The van der Waals surface area contributed by atoms with Crippen molar-refractivity contribution in [3.63, 3.8) is 0 Å². The van der Waals surface area contributed by atoms with Crippen molar-refractivity contribution in [2.45, 2.75) is 32.4 Å². The summed E-state index contributed by atoms with van der Waals surface area (Å²) in [5.41, 5.74) is 0.527. The van der Waals surface area contributed by atoms with Crippen LogP contribution in [-0.2, 0) is 11.3 Å². The highest BCUT2D eigenvalue weighted by Gasteiger charge is 2.21. The fourth-order valence-corrected chi connectivity index (χ4v) is 2.59. The van der Waals surface area contributed by atoms with Gasteiger partial charge in [0.2, 0.25) is 0 Å². The number of nitrogens with one attached hydrogen (secondary N) is 1. The maximum atomic E-state index is 11.5. The molecule has 1 aliphatic heterocycles. The Morgan fingerprint density at radius 1 is 1.63 bits per heavy atom. The molecular formula is C14H22N2O3. The van der Waals surface area contributed by atoms with Gasteiger partial charge in [-0.15, -0.1) is 0 Å². The van der Waals surface area contributed by atoms with Crippen LogP contribution in [0.1, 0.15) is 34.7 Å². The Labute approximate surface area is 113 Å². The van der Waals surface area contributed by atoms with E-state index in [9.17, 15) is 4.79 Å². The lowest BCUT2D eigenvalue weighted by Crippen LogP contribution is -2.43. The van der Waals surface area contributed by atoms with Gasteiger partial charge in [-0.2, -0.15) is 0 Å². The Bertz CT molecular complexity index is 442. The van der Waals surface area contributed by atoms with Crippen molar-refractivity contribution in [2.24, 2.45) is 0 Å². The third kappa shape index (κ3) is 3.36. The van der Waals surface area contributed by atoms with Gasteiger partial charge < -0.3 is 14.5 Å². The smallest absolute Gasteiger partial charge is 0.341 e. The number of piperidine rings is 1. The number of hydrogen-bond donors (Lipinski definition) is 1. The molecule has 1 N–H and O–H groups in total. The predicted molar refractivity (Wildman–Crippen MR) is 72.1 cm³/mol. The number of rotatable bonds is 4. The molecule has 0 aliphatic carbocycles. The largest absolute Gasteiger partial charge is 0.465 e. The van der Waals surface area contributed by atoms with Crippen molar-refractivity contribution in [3.8, 4) is 0 Å². The molecule has 2 rings (SSSR count). The van der Waals surface area contributed by atoms with Gasteiger partial charge in [0.05, 0.1) is 13.7 Å². The molecule has 0 radical (unpaired) electrons. The van der Waals surface area contributed by atoms with E-state index in [1.54, 1.807) is 13.0 Å². The van der Waals surface area contributed by atoms with Gasteiger partial charge in [-0.25, -0.2) is 4.79 Å². The maximum Gasteiger partial charge on any atom is 0.341 e. The maximum absolute atomic E-state index is 11.5. The third-order valence-electron chi connectivity index (χ3n) is 3.67. The molecule has 106 valence electrons. The second-order valence-corrected chi connectivity index (χ2v) is 5.04. The Kier molecular flexibility index (Phi) is 4.61. The number of carbonyl (C=O) groups excluding carboxylic acids is 1. The monoisotopic (exact) mass is 266 g/mol. The lowest BCUT2D eigenvalue weighted by Gasteiger charge is -2.31. The average Bonchev–Trinajstić information content (AvgIpc) is 2.79. The molecule has 1 aromatic heterocycles. The minimum absolute atomic E-state index is 0.334. The summed E-state index contributed by atoms with van der Waals surface area (Å²) in [5.74, 6) is 1.12. The number of furan rings is 1. The normalized spacial score (nSPS) is 20.5. The minimum atomic E-state index is -0.334. The van der Waals surface area contributed by atoms with E-state index < -0.39 is 0 Å². The van der Waals surface area contributed by atoms with Crippen LogP contribution in [-0.4, -0.2) is 44.2 Å². The molecule has 5 heteroatoms. The van der Waals surface area contributed by atoms with Crippen LogP contribution in [0, 0.1) is 6.92 Å². The zero-order valence-corrected chi connectivity index (χ0v) is 11.9. The number of hydrogen-bond acceptors (Lipinski definition) is 5. The van der Waals surface area contributed by atoms with E-state index in [1.807, 2.05) is 7.05 Å². The van der Waals surface area contributed by atoms with Gasteiger partial charge in [0.15, 0.2) is 0 Å². The van der Waals surface area contributed by atoms with Crippen LogP contribution in [0.25, 0.3) is 0 Å². The number of nitrogens with zero attached hydrogens (tertiary/aromatic N) is 1. The topological polar surface area (TPSA) is 54.7 Å². The summed E-state index contributed by atoms with van der Waals surface area (Å²) < 4.78 is 10.4. The first kappa shape index (κ1) is 14.1. The second-order valence-electron chi connectivity index (χ2n) is 5.04. The molecule has 19 heavy (non-hydrogen) atoms. The third-order valence-corrected chi connectivity index (χ3v) is 3.67. The summed E-state index contributed by atoms with van der Waals surface area (Å²) in [6, 6.07) is 2.34. The second kappa shape index (κ2) is 6.21. The number of likely N-dealkylation sites (tertiary alicyclic amines) is 1. The van der Waals surface area contributed by atoms with E-state index >= 15 is 0 Å². The standard InChI is InChI=1S/C14H22N2O3/c1-10-13(14(17)18-3)7-12(19-10)9-16-6-4-5-11(8-16)15-2/h7,11,15H,4-6,8-9H2,1-3H3. The molecule has 2 heterocycles. The molecule has 0 spiro atoms. The first-order valence-corrected chi connectivity index (χ1v) is 6.71. The highest BCUT2D eigenvalue weighted by molar-refractivity contribution is 5.90. The number of methoxy groups -OCH3 is 1. The highest BCUT2D eigenvalue weighted by Crippen LogP contribution is 2.19. The van der Waals surface area contributed by atoms with Crippen LogP contribution < -0.4 is 5.32 Å². The van der Waals surface area contributed by atoms with Gasteiger partial charge in [0.1, 0.15) is 17.1 Å². The van der Waals surface area contributed by atoms with E-state index in [0.29, 0.717) is 17.4 Å². The minimum Gasteiger partial charge on any atom is -0.465 e. The van der Waals surface area contributed by atoms with E-state index in [-0.39, 0.29) is 5.97 Å². The van der Waals surface area contributed by atoms with Gasteiger partial charge in [-0.3, -0.25) is 4.90 Å². The molecule has 0 bridgehead atoms. The summed E-state index contributed by atoms with van der Waals surface area (Å²) in [6.45, 7) is 4.63. The van der Waals surface area contributed by atoms with Crippen LogP contribution in [0.2, 0.25) is 0 Å². The number of carbonyl (C=O) groups is 1. The summed E-state index contributed by atoms with van der Waals surface area (Å²) >= 11 is 0. The zero-order valence-electron chi connectivity index (χ0n) is 11.9. The molecule has 0 amide bonds. The first-order chi connectivity index (χ1) is 9.13. The van der Waals surface area contributed by atoms with Crippen molar-refractivity contribution in [1.29, 1.82) is 0 Å². The fraction of sp³-hybridized carbons (Fsp3) is 0.643. The number of esters is 1. The van der Waals surface area contributed by atoms with Gasteiger partial charge in [-0.05, 0) is 39.4 Å². The Morgan fingerprint density at radius 3 is 3.11 bits per heavy atom. The number of likely N-dealkylation sites (N-methyl/N-ethyl adjacent to an activating group) is 1. The SMILES string of the molecule is CNC1CCCN(Cc2cc(C(=O)OC)c(C)o2)C1. The lowest BCUT2D eigenvalue weighted by molar-refractivity contribution is 0.0599. The lowest BCUT2D eigenvalue weighted by atomic mass is 10.1. The molecule has 1 fully saturated rings. The predicted octanol–water partition coefficient (Wildman–Crippen LogP) is 1.56. The molecule has 1 aliphatic rings. The van der Waals surface area contributed by atoms with Gasteiger partial charge >= 0.3 is 5.97 Å². The molecule has 1 saturated heterocycles. The highest BCUT2D eigenvalue weighted by atomic mass is 16.5. The summed E-state index contributed by atoms with van der Waals surface area (Å²) in [6.07, 6.45) is 2.41. The summed E-state index contributed by atoms with van der Waals surface area (Å²) in [7, 11) is 3.39. The molecule has 1 aromatic rings. The van der Waals surface area contributed by atoms with Crippen LogP contribution in [0.15, 0.2) is 10.5 Å². The van der Waals surface area contributed by atoms with Crippen molar-refractivity contribution in [2.75, 3.05) is 27.2 Å². The zero-order chi connectivity index (χ0) is 13.8. The van der Waals surface area contributed by atoms with Crippen molar-refractivity contribution in [1.82, 2.24) is 10.2 Å². The van der Waals surface area contributed by atoms with E-state index in [1.165, 1.54) is 20.0 Å². The Morgan fingerprint density at radius 2 is 2.42 bits per heavy atom. The average molecular weight is 266 g/mol. The van der Waals surface area contributed by atoms with Gasteiger partial charge in [0, 0.05) is 12.6 Å². The van der Waals surface area contributed by atoms with Crippen molar-refractivity contribution in [3.05, 3.63) is 23.2 Å². The van der Waals surface area contributed by atoms with Gasteiger partial charge in [0.25, 0.3) is 0 Å². The van der Waals surface area contributed by atoms with Crippen LogP contribution in [0.5, 0.6) is 0 Å².